The van der Waals surface area contributed by atoms with Crippen LogP contribution in [0.15, 0.2) is 29.3 Å². The first-order valence-electron chi connectivity index (χ1n) is 9.77. The van der Waals surface area contributed by atoms with E-state index in [0.717, 1.165) is 37.8 Å². The van der Waals surface area contributed by atoms with Crippen molar-refractivity contribution in [3.63, 3.8) is 0 Å². The van der Waals surface area contributed by atoms with Crippen LogP contribution >= 0.6 is 24.0 Å². The molecule has 154 valence electrons. The Hall–Kier alpha value is -1.06. The van der Waals surface area contributed by atoms with Crippen LogP contribution in [0.3, 0.4) is 0 Å². The third kappa shape index (κ3) is 9.62. The number of methoxy groups -OCH3 is 1. The molecule has 0 aliphatic carbocycles. The molecule has 2 N–H and O–H groups in total. The molecule has 2 rings (SSSR count). The molecule has 0 atom stereocenters. The minimum absolute atomic E-state index is 0. The third-order valence-electron chi connectivity index (χ3n) is 4.68. The standard InChI is InChI=1S/C20H35N5O.HI/c1-4-21-20(23-17-18-7-9-19(26-3)10-8-18)22-11-5-13-25-14-6-12-24(2)15-16-25;/h7-10H,4-6,11-17H2,1-3H3,(H2,21,22,23);1H. The molecule has 1 fully saturated rings. The monoisotopic (exact) mass is 489 g/mol. The number of nitrogens with zero attached hydrogens (tertiary/aromatic N) is 3. The maximum absolute atomic E-state index is 5.20. The van der Waals surface area contributed by atoms with Crippen LogP contribution in [0.2, 0.25) is 0 Å². The van der Waals surface area contributed by atoms with Gasteiger partial charge >= 0.3 is 0 Å². The lowest BCUT2D eigenvalue weighted by atomic mass is 10.2. The van der Waals surface area contributed by atoms with Gasteiger partial charge in [0.1, 0.15) is 5.75 Å². The molecule has 1 aliphatic rings. The number of ether oxygens (including phenoxy) is 1. The highest BCUT2D eigenvalue weighted by Crippen LogP contribution is 2.11. The van der Waals surface area contributed by atoms with Crippen LogP contribution in [0.5, 0.6) is 5.75 Å². The zero-order valence-corrected chi connectivity index (χ0v) is 19.4. The molecule has 27 heavy (non-hydrogen) atoms. The molecule has 1 heterocycles. The Morgan fingerprint density at radius 1 is 1.11 bits per heavy atom. The quantitative estimate of drug-likeness (QED) is 0.254. The Morgan fingerprint density at radius 2 is 1.89 bits per heavy atom. The number of rotatable bonds is 8. The van der Waals surface area contributed by atoms with E-state index in [4.69, 9.17) is 4.74 Å². The maximum Gasteiger partial charge on any atom is 0.191 e. The number of hydrogen-bond donors (Lipinski definition) is 2. The first-order chi connectivity index (χ1) is 12.7. The van der Waals surface area contributed by atoms with E-state index in [1.54, 1.807) is 7.11 Å². The average molecular weight is 489 g/mol. The van der Waals surface area contributed by atoms with Gasteiger partial charge in [-0.15, -0.1) is 24.0 Å². The van der Waals surface area contributed by atoms with Gasteiger partial charge in [0.2, 0.25) is 0 Å². The van der Waals surface area contributed by atoms with Gasteiger partial charge < -0.3 is 25.2 Å². The molecule has 6 nitrogen and oxygen atoms in total. The molecule has 0 aromatic heterocycles. The molecule has 0 saturated carbocycles. The van der Waals surface area contributed by atoms with Gasteiger partial charge in [-0.25, -0.2) is 4.99 Å². The van der Waals surface area contributed by atoms with Crippen LogP contribution in [0.4, 0.5) is 0 Å². The van der Waals surface area contributed by atoms with Gasteiger partial charge in [0, 0.05) is 26.2 Å². The predicted molar refractivity (Wildman–Crippen MR) is 124 cm³/mol. The van der Waals surface area contributed by atoms with Crippen LogP contribution in [0.25, 0.3) is 0 Å². The van der Waals surface area contributed by atoms with E-state index >= 15 is 0 Å². The van der Waals surface area contributed by atoms with Crippen LogP contribution in [-0.2, 0) is 6.54 Å². The van der Waals surface area contributed by atoms with Crippen molar-refractivity contribution in [1.29, 1.82) is 0 Å². The fourth-order valence-corrected chi connectivity index (χ4v) is 3.08. The topological polar surface area (TPSA) is 52.1 Å². The van der Waals surface area contributed by atoms with Gasteiger partial charge in [-0.05, 0) is 64.1 Å². The molecule has 1 aromatic rings. The zero-order chi connectivity index (χ0) is 18.6. The molecule has 1 aliphatic heterocycles. The molecule has 0 unspecified atom stereocenters. The van der Waals surface area contributed by atoms with Gasteiger partial charge in [-0.2, -0.15) is 0 Å². The summed E-state index contributed by atoms with van der Waals surface area (Å²) in [4.78, 5) is 9.68. The van der Waals surface area contributed by atoms with E-state index in [0.29, 0.717) is 6.54 Å². The largest absolute Gasteiger partial charge is 0.497 e. The molecule has 1 aromatic carbocycles. The van der Waals surface area contributed by atoms with E-state index in [1.807, 2.05) is 12.1 Å². The highest BCUT2D eigenvalue weighted by Gasteiger charge is 2.11. The van der Waals surface area contributed by atoms with Gasteiger partial charge in [-0.1, -0.05) is 12.1 Å². The Bertz CT molecular complexity index is 538. The summed E-state index contributed by atoms with van der Waals surface area (Å²) >= 11 is 0. The van der Waals surface area contributed by atoms with Crippen molar-refractivity contribution in [1.82, 2.24) is 20.4 Å². The summed E-state index contributed by atoms with van der Waals surface area (Å²) in [5, 5.41) is 6.78. The number of aliphatic imine (C=N–C) groups is 1. The molecular weight excluding hydrogens is 453 g/mol. The number of halogens is 1. The second-order valence-electron chi connectivity index (χ2n) is 6.82. The minimum Gasteiger partial charge on any atom is -0.497 e. The number of guanidine groups is 1. The minimum atomic E-state index is 0. The van der Waals surface area contributed by atoms with Crippen LogP contribution in [0.1, 0.15) is 25.3 Å². The average Bonchev–Trinajstić information content (AvgIpc) is 2.87. The van der Waals surface area contributed by atoms with Crippen molar-refractivity contribution >= 4 is 29.9 Å². The lowest BCUT2D eigenvalue weighted by Crippen LogP contribution is -2.39. The molecule has 0 spiro atoms. The van der Waals surface area contributed by atoms with Crippen molar-refractivity contribution in [2.75, 3.05) is 60.0 Å². The van der Waals surface area contributed by atoms with E-state index in [2.05, 4.69) is 51.5 Å². The SMILES string of the molecule is CCNC(=NCc1ccc(OC)cc1)NCCCN1CCCN(C)CC1.I. The summed E-state index contributed by atoms with van der Waals surface area (Å²) in [5.41, 5.74) is 1.18. The van der Waals surface area contributed by atoms with Crippen LogP contribution < -0.4 is 15.4 Å². The highest BCUT2D eigenvalue weighted by molar-refractivity contribution is 14.0. The van der Waals surface area contributed by atoms with Crippen LogP contribution in [0, 0.1) is 0 Å². The lowest BCUT2D eigenvalue weighted by Gasteiger charge is -2.20. The third-order valence-corrected chi connectivity index (χ3v) is 4.68. The van der Waals surface area contributed by atoms with Crippen molar-refractivity contribution in [2.45, 2.75) is 26.3 Å². The van der Waals surface area contributed by atoms with Crippen LogP contribution in [-0.4, -0.2) is 75.7 Å². The second-order valence-corrected chi connectivity index (χ2v) is 6.82. The molecule has 1 saturated heterocycles. The summed E-state index contributed by atoms with van der Waals surface area (Å²) in [6.45, 7) is 10.5. The maximum atomic E-state index is 5.20. The van der Waals surface area contributed by atoms with E-state index in [9.17, 15) is 0 Å². The van der Waals surface area contributed by atoms with E-state index < -0.39 is 0 Å². The predicted octanol–water partition coefficient (Wildman–Crippen LogP) is 2.40. The normalized spacial score (nSPS) is 16.3. The number of likely N-dealkylation sites (N-methyl/N-ethyl adjacent to an activating group) is 1. The first-order valence-corrected chi connectivity index (χ1v) is 9.77. The molecule has 0 radical (unpaired) electrons. The Labute approximate surface area is 181 Å². The molecule has 0 bridgehead atoms. The highest BCUT2D eigenvalue weighted by atomic mass is 127. The van der Waals surface area contributed by atoms with Gasteiger partial charge in [0.15, 0.2) is 5.96 Å². The van der Waals surface area contributed by atoms with Gasteiger partial charge in [0.05, 0.1) is 13.7 Å². The van der Waals surface area contributed by atoms with Gasteiger partial charge in [-0.3, -0.25) is 0 Å². The summed E-state index contributed by atoms with van der Waals surface area (Å²) in [7, 11) is 3.90. The molecule has 0 amide bonds. The first kappa shape index (κ1) is 24.0. The summed E-state index contributed by atoms with van der Waals surface area (Å²) in [6.07, 6.45) is 2.41. The summed E-state index contributed by atoms with van der Waals surface area (Å²) < 4.78 is 5.20. The smallest absolute Gasteiger partial charge is 0.191 e. The number of hydrogen-bond acceptors (Lipinski definition) is 4. The number of benzene rings is 1. The molecule has 7 heteroatoms. The summed E-state index contributed by atoms with van der Waals surface area (Å²) in [6, 6.07) is 8.07. The van der Waals surface area contributed by atoms with Crippen molar-refractivity contribution in [3.8, 4) is 5.75 Å². The Kier molecular flexibility index (Phi) is 12.4. The van der Waals surface area contributed by atoms with Crippen molar-refractivity contribution in [2.24, 2.45) is 4.99 Å². The van der Waals surface area contributed by atoms with Gasteiger partial charge in [0.25, 0.3) is 0 Å². The fourth-order valence-electron chi connectivity index (χ4n) is 3.08. The molecular formula is C20H36IN5O. The Balaban J connectivity index is 0.00000364. The Morgan fingerprint density at radius 3 is 2.59 bits per heavy atom. The van der Waals surface area contributed by atoms with E-state index in [1.165, 1.54) is 38.2 Å². The van der Waals surface area contributed by atoms with Crippen molar-refractivity contribution in [3.05, 3.63) is 29.8 Å². The number of nitrogens with one attached hydrogen (secondary N) is 2. The fraction of sp³-hybridized carbons (Fsp3) is 0.650. The summed E-state index contributed by atoms with van der Waals surface area (Å²) in [5.74, 6) is 1.77. The van der Waals surface area contributed by atoms with E-state index in [-0.39, 0.29) is 24.0 Å². The zero-order valence-electron chi connectivity index (χ0n) is 17.0. The van der Waals surface area contributed by atoms with Crippen molar-refractivity contribution < 1.29 is 4.74 Å². The second kappa shape index (κ2) is 14.0. The lowest BCUT2D eigenvalue weighted by molar-refractivity contribution is 0.274.